The lowest BCUT2D eigenvalue weighted by Crippen LogP contribution is -2.29. The summed E-state index contributed by atoms with van der Waals surface area (Å²) < 4.78 is 31.0. The van der Waals surface area contributed by atoms with Crippen LogP contribution >= 0.6 is 0 Å². The van der Waals surface area contributed by atoms with Gasteiger partial charge in [-0.3, -0.25) is 9.59 Å². The Bertz CT molecular complexity index is 700. The Kier molecular flexibility index (Phi) is 4.82. The first-order valence-corrected chi connectivity index (χ1v) is 6.42. The zero-order valence-corrected chi connectivity index (χ0v) is 11.7. The molecule has 6 nitrogen and oxygen atoms in total. The highest BCUT2D eigenvalue weighted by atomic mass is 19.2. The highest BCUT2D eigenvalue weighted by Gasteiger charge is 2.15. The fourth-order valence-electron chi connectivity index (χ4n) is 1.67. The first-order chi connectivity index (χ1) is 10.5. The fourth-order valence-corrected chi connectivity index (χ4v) is 1.67. The minimum Gasteiger partial charge on any atom is -0.359 e. The van der Waals surface area contributed by atoms with Gasteiger partial charge in [-0.15, -0.1) is 0 Å². The third kappa shape index (κ3) is 3.66. The number of carbonyl (C=O) groups is 2. The first-order valence-electron chi connectivity index (χ1n) is 6.42. The molecule has 0 aliphatic heterocycles. The van der Waals surface area contributed by atoms with Crippen molar-refractivity contribution >= 4 is 11.8 Å². The molecule has 22 heavy (non-hydrogen) atoms. The van der Waals surface area contributed by atoms with Crippen molar-refractivity contribution in [3.8, 4) is 11.3 Å². The zero-order chi connectivity index (χ0) is 16.1. The lowest BCUT2D eigenvalue weighted by molar-refractivity contribution is -0.120. The van der Waals surface area contributed by atoms with Crippen molar-refractivity contribution in [1.82, 2.24) is 15.8 Å². The number of aromatic nitrogens is 1. The quantitative estimate of drug-likeness (QED) is 0.876. The van der Waals surface area contributed by atoms with E-state index in [9.17, 15) is 18.4 Å². The molecule has 0 spiro atoms. The average molecular weight is 309 g/mol. The summed E-state index contributed by atoms with van der Waals surface area (Å²) in [5.74, 6) is -2.60. The van der Waals surface area contributed by atoms with Gasteiger partial charge in [-0.1, -0.05) is 5.16 Å². The Balaban J connectivity index is 2.02. The van der Waals surface area contributed by atoms with Gasteiger partial charge in [-0.05, 0) is 18.2 Å². The molecule has 0 saturated heterocycles. The van der Waals surface area contributed by atoms with Gasteiger partial charge in [0.2, 0.25) is 5.91 Å². The molecule has 0 saturated carbocycles. The molecule has 116 valence electrons. The molecule has 0 bridgehead atoms. The van der Waals surface area contributed by atoms with E-state index in [1.807, 2.05) is 0 Å². The van der Waals surface area contributed by atoms with Gasteiger partial charge in [0, 0.05) is 31.6 Å². The largest absolute Gasteiger partial charge is 0.359 e. The minimum absolute atomic E-state index is 0.0170. The van der Waals surface area contributed by atoms with Crippen LogP contribution in [0.1, 0.15) is 16.9 Å². The molecule has 0 aliphatic carbocycles. The van der Waals surface area contributed by atoms with E-state index >= 15 is 0 Å². The second-order valence-corrected chi connectivity index (χ2v) is 4.38. The summed E-state index contributed by atoms with van der Waals surface area (Å²) in [6, 6.07) is 4.52. The number of rotatable bonds is 5. The smallest absolute Gasteiger partial charge is 0.273 e. The number of amides is 2. The number of carbonyl (C=O) groups excluding carboxylic acids is 2. The van der Waals surface area contributed by atoms with E-state index in [4.69, 9.17) is 4.52 Å². The molecule has 8 heteroatoms. The van der Waals surface area contributed by atoms with E-state index in [1.54, 1.807) is 0 Å². The van der Waals surface area contributed by atoms with Crippen molar-refractivity contribution in [2.24, 2.45) is 0 Å². The third-order valence-corrected chi connectivity index (χ3v) is 2.86. The average Bonchev–Trinajstić information content (AvgIpc) is 2.99. The second kappa shape index (κ2) is 6.79. The second-order valence-electron chi connectivity index (χ2n) is 4.38. The van der Waals surface area contributed by atoms with E-state index < -0.39 is 17.5 Å². The van der Waals surface area contributed by atoms with Gasteiger partial charge < -0.3 is 15.2 Å². The Morgan fingerprint density at radius 3 is 2.68 bits per heavy atom. The molecule has 0 unspecified atom stereocenters. The van der Waals surface area contributed by atoms with Crippen LogP contribution in [-0.2, 0) is 4.79 Å². The lowest BCUT2D eigenvalue weighted by atomic mass is 10.1. The van der Waals surface area contributed by atoms with Crippen LogP contribution < -0.4 is 10.6 Å². The van der Waals surface area contributed by atoms with Gasteiger partial charge in [0.25, 0.3) is 5.91 Å². The van der Waals surface area contributed by atoms with Crippen LogP contribution in [0.5, 0.6) is 0 Å². The van der Waals surface area contributed by atoms with Crippen LogP contribution in [0.15, 0.2) is 28.8 Å². The van der Waals surface area contributed by atoms with Crippen molar-refractivity contribution in [2.75, 3.05) is 13.6 Å². The van der Waals surface area contributed by atoms with Crippen molar-refractivity contribution in [3.05, 3.63) is 41.6 Å². The van der Waals surface area contributed by atoms with Crippen LogP contribution in [-0.4, -0.2) is 30.6 Å². The standard InChI is InChI=1S/C14H13F2N3O3/c1-17-13(20)4-5-18-14(21)11-7-12(22-19-11)8-2-3-9(15)10(16)6-8/h2-3,6-7H,4-5H2,1H3,(H,17,20)(H,18,21). The van der Waals surface area contributed by atoms with Crippen LogP contribution in [0.3, 0.4) is 0 Å². The van der Waals surface area contributed by atoms with Crippen molar-refractivity contribution < 1.29 is 22.9 Å². The van der Waals surface area contributed by atoms with E-state index in [1.165, 1.54) is 19.2 Å². The Morgan fingerprint density at radius 1 is 1.23 bits per heavy atom. The highest BCUT2D eigenvalue weighted by molar-refractivity contribution is 5.93. The van der Waals surface area contributed by atoms with E-state index in [0.717, 1.165) is 12.1 Å². The number of hydrogen-bond donors (Lipinski definition) is 2. The molecule has 2 N–H and O–H groups in total. The third-order valence-electron chi connectivity index (χ3n) is 2.86. The summed E-state index contributed by atoms with van der Waals surface area (Å²) in [5.41, 5.74) is 0.243. The molecule has 1 heterocycles. The SMILES string of the molecule is CNC(=O)CCNC(=O)c1cc(-c2ccc(F)c(F)c2)on1. The summed E-state index contributed by atoms with van der Waals surface area (Å²) in [7, 11) is 1.50. The highest BCUT2D eigenvalue weighted by Crippen LogP contribution is 2.22. The van der Waals surface area contributed by atoms with Crippen LogP contribution in [0.4, 0.5) is 8.78 Å². The van der Waals surface area contributed by atoms with E-state index in [-0.39, 0.29) is 35.9 Å². The Morgan fingerprint density at radius 2 is 2.00 bits per heavy atom. The minimum atomic E-state index is -1.02. The van der Waals surface area contributed by atoms with Gasteiger partial charge in [0.1, 0.15) is 0 Å². The maximum absolute atomic E-state index is 13.2. The Hall–Kier alpha value is -2.77. The van der Waals surface area contributed by atoms with Crippen molar-refractivity contribution in [2.45, 2.75) is 6.42 Å². The van der Waals surface area contributed by atoms with Crippen LogP contribution in [0.25, 0.3) is 11.3 Å². The lowest BCUT2D eigenvalue weighted by Gasteiger charge is -2.01. The predicted molar refractivity (Wildman–Crippen MR) is 72.9 cm³/mol. The molecule has 2 amide bonds. The first kappa shape index (κ1) is 15.6. The molecule has 1 aromatic carbocycles. The predicted octanol–water partition coefficient (Wildman–Crippen LogP) is 1.49. The fraction of sp³-hybridized carbons (Fsp3) is 0.214. The van der Waals surface area contributed by atoms with Crippen molar-refractivity contribution in [3.63, 3.8) is 0 Å². The molecule has 0 aliphatic rings. The van der Waals surface area contributed by atoms with Gasteiger partial charge in [-0.25, -0.2) is 8.78 Å². The number of halogens is 2. The summed E-state index contributed by atoms with van der Waals surface area (Å²) in [5, 5.41) is 8.48. The molecular weight excluding hydrogens is 296 g/mol. The Labute approximate surface area is 124 Å². The summed E-state index contributed by atoms with van der Waals surface area (Å²) >= 11 is 0. The zero-order valence-electron chi connectivity index (χ0n) is 11.7. The molecule has 2 aromatic rings. The molecule has 0 fully saturated rings. The molecule has 1 aromatic heterocycles. The van der Waals surface area contributed by atoms with Crippen molar-refractivity contribution in [1.29, 1.82) is 0 Å². The molecule has 0 atom stereocenters. The van der Waals surface area contributed by atoms with E-state index in [0.29, 0.717) is 0 Å². The normalized spacial score (nSPS) is 10.3. The van der Waals surface area contributed by atoms with Gasteiger partial charge in [0.15, 0.2) is 23.1 Å². The maximum atomic E-state index is 13.2. The number of benzene rings is 1. The summed E-state index contributed by atoms with van der Waals surface area (Å²) in [4.78, 5) is 22.8. The van der Waals surface area contributed by atoms with Gasteiger partial charge in [-0.2, -0.15) is 0 Å². The number of nitrogens with one attached hydrogen (secondary N) is 2. The van der Waals surface area contributed by atoms with Crippen LogP contribution in [0.2, 0.25) is 0 Å². The number of nitrogens with zero attached hydrogens (tertiary/aromatic N) is 1. The summed E-state index contributed by atoms with van der Waals surface area (Å²) in [6.07, 6.45) is 0.135. The summed E-state index contributed by atoms with van der Waals surface area (Å²) in [6.45, 7) is 0.145. The topological polar surface area (TPSA) is 84.2 Å². The van der Waals surface area contributed by atoms with Gasteiger partial charge in [0.05, 0.1) is 0 Å². The van der Waals surface area contributed by atoms with Gasteiger partial charge >= 0.3 is 0 Å². The maximum Gasteiger partial charge on any atom is 0.273 e. The van der Waals surface area contributed by atoms with E-state index in [2.05, 4.69) is 15.8 Å². The molecule has 0 radical (unpaired) electrons. The molecule has 2 rings (SSSR count). The van der Waals surface area contributed by atoms with Crippen LogP contribution in [0, 0.1) is 11.6 Å². The molecular formula is C14H13F2N3O3. The monoisotopic (exact) mass is 309 g/mol. The number of hydrogen-bond acceptors (Lipinski definition) is 4.